The minimum absolute atomic E-state index is 0.0244. The first-order valence-corrected chi connectivity index (χ1v) is 9.88. The highest BCUT2D eigenvalue weighted by atomic mass is 32.1. The summed E-state index contributed by atoms with van der Waals surface area (Å²) in [7, 11) is 1.64. The zero-order valence-corrected chi connectivity index (χ0v) is 16.0. The van der Waals surface area contributed by atoms with E-state index in [2.05, 4.69) is 23.6 Å². The Morgan fingerprint density at radius 3 is 2.81 bits per heavy atom. The van der Waals surface area contributed by atoms with Crippen LogP contribution in [0.2, 0.25) is 0 Å². The van der Waals surface area contributed by atoms with Gasteiger partial charge in [0.2, 0.25) is 5.91 Å². The largest absolute Gasteiger partial charge is 0.497 e. The molecule has 1 aliphatic heterocycles. The van der Waals surface area contributed by atoms with Gasteiger partial charge in [-0.05, 0) is 52.8 Å². The molecule has 27 heavy (non-hydrogen) atoms. The maximum absolute atomic E-state index is 13.1. The van der Waals surface area contributed by atoms with Gasteiger partial charge in [-0.25, -0.2) is 0 Å². The lowest BCUT2D eigenvalue weighted by Gasteiger charge is -2.35. The number of fused-ring (bicyclic) bond motifs is 1. The zero-order chi connectivity index (χ0) is 18.6. The highest BCUT2D eigenvalue weighted by Crippen LogP contribution is 2.37. The van der Waals surface area contributed by atoms with Gasteiger partial charge in [0.15, 0.2) is 0 Å². The monoisotopic (exact) mass is 375 g/mol. The van der Waals surface area contributed by atoms with Gasteiger partial charge in [-0.15, -0.1) is 11.3 Å². The van der Waals surface area contributed by atoms with E-state index < -0.39 is 0 Å². The topological polar surface area (TPSA) is 29.5 Å². The molecule has 3 nitrogen and oxygen atoms in total. The van der Waals surface area contributed by atoms with Gasteiger partial charge in [-0.2, -0.15) is 0 Å². The van der Waals surface area contributed by atoms with Crippen LogP contribution < -0.4 is 4.74 Å². The molecule has 1 aromatic heterocycles. The Bertz CT molecular complexity index is 961. The molecular weight excluding hydrogens is 354 g/mol. The van der Waals surface area contributed by atoms with E-state index in [0.29, 0.717) is 0 Å². The average molecular weight is 375 g/mol. The van der Waals surface area contributed by atoms with E-state index in [4.69, 9.17) is 4.74 Å². The predicted molar refractivity (Wildman–Crippen MR) is 110 cm³/mol. The van der Waals surface area contributed by atoms with Gasteiger partial charge in [-0.3, -0.25) is 4.79 Å². The van der Waals surface area contributed by atoms with Crippen molar-refractivity contribution in [3.8, 4) is 5.75 Å². The van der Waals surface area contributed by atoms with E-state index in [0.717, 1.165) is 29.8 Å². The molecule has 0 saturated carbocycles. The number of ether oxygens (including phenoxy) is 1. The van der Waals surface area contributed by atoms with E-state index in [1.165, 1.54) is 10.4 Å². The van der Waals surface area contributed by atoms with Gasteiger partial charge in [0.05, 0.1) is 13.2 Å². The van der Waals surface area contributed by atoms with Crippen molar-refractivity contribution in [2.45, 2.75) is 12.5 Å². The van der Waals surface area contributed by atoms with Crippen molar-refractivity contribution in [1.82, 2.24) is 4.90 Å². The molecule has 0 fully saturated rings. The first kappa shape index (κ1) is 17.6. The second-order valence-corrected chi connectivity index (χ2v) is 7.50. The molecule has 0 N–H and O–H groups in total. The number of carbonyl (C=O) groups excluding carboxylic acids is 1. The number of nitrogens with zero attached hydrogens (tertiary/aromatic N) is 1. The Morgan fingerprint density at radius 2 is 2.00 bits per heavy atom. The minimum Gasteiger partial charge on any atom is -0.497 e. The number of rotatable bonds is 4. The predicted octanol–water partition coefficient (Wildman–Crippen LogP) is 4.94. The van der Waals surface area contributed by atoms with Crippen LogP contribution in [0.15, 0.2) is 72.1 Å². The van der Waals surface area contributed by atoms with Crippen LogP contribution in [0.3, 0.4) is 0 Å². The fourth-order valence-electron chi connectivity index (χ4n) is 3.56. The van der Waals surface area contributed by atoms with Gasteiger partial charge in [0.25, 0.3) is 0 Å². The molecule has 1 amide bonds. The smallest absolute Gasteiger partial charge is 0.247 e. The van der Waals surface area contributed by atoms with Crippen molar-refractivity contribution in [2.24, 2.45) is 0 Å². The van der Waals surface area contributed by atoms with Crippen molar-refractivity contribution >= 4 is 23.3 Å². The van der Waals surface area contributed by atoms with E-state index >= 15 is 0 Å². The number of thiophene rings is 1. The molecule has 0 unspecified atom stereocenters. The lowest BCUT2D eigenvalue weighted by molar-refractivity contribution is -0.127. The zero-order valence-electron chi connectivity index (χ0n) is 15.2. The molecular formula is C23H21NO2S. The molecule has 0 radical (unpaired) electrons. The number of hydrogen-bond acceptors (Lipinski definition) is 3. The van der Waals surface area contributed by atoms with Gasteiger partial charge in [0.1, 0.15) is 5.75 Å². The van der Waals surface area contributed by atoms with Crippen LogP contribution in [0.1, 0.15) is 27.6 Å². The average Bonchev–Trinajstić information content (AvgIpc) is 3.21. The van der Waals surface area contributed by atoms with Crippen LogP contribution in [0.4, 0.5) is 0 Å². The summed E-state index contributed by atoms with van der Waals surface area (Å²) in [4.78, 5) is 16.4. The van der Waals surface area contributed by atoms with Crippen molar-refractivity contribution in [2.75, 3.05) is 13.7 Å². The van der Waals surface area contributed by atoms with E-state index in [1.54, 1.807) is 24.5 Å². The van der Waals surface area contributed by atoms with Gasteiger partial charge in [-0.1, -0.05) is 42.5 Å². The first-order valence-electron chi connectivity index (χ1n) is 9.00. The van der Waals surface area contributed by atoms with Crippen molar-refractivity contribution in [1.29, 1.82) is 0 Å². The summed E-state index contributed by atoms with van der Waals surface area (Å²) < 4.78 is 5.25. The highest BCUT2D eigenvalue weighted by Gasteiger charge is 2.31. The van der Waals surface area contributed by atoms with Crippen LogP contribution in [-0.4, -0.2) is 24.5 Å². The summed E-state index contributed by atoms with van der Waals surface area (Å²) in [5, 5.41) is 2.13. The maximum Gasteiger partial charge on any atom is 0.247 e. The van der Waals surface area contributed by atoms with E-state index in [9.17, 15) is 4.79 Å². The number of amides is 1. The summed E-state index contributed by atoms with van der Waals surface area (Å²) >= 11 is 1.78. The summed E-state index contributed by atoms with van der Waals surface area (Å²) in [6.45, 7) is 0.731. The molecule has 0 bridgehead atoms. The summed E-state index contributed by atoms with van der Waals surface area (Å²) in [5.41, 5.74) is 3.35. The van der Waals surface area contributed by atoms with Crippen LogP contribution in [0, 0.1) is 0 Å². The van der Waals surface area contributed by atoms with Crippen molar-refractivity contribution in [3.63, 3.8) is 0 Å². The molecule has 1 aliphatic rings. The van der Waals surface area contributed by atoms with Crippen molar-refractivity contribution < 1.29 is 9.53 Å². The fraction of sp³-hybridized carbons (Fsp3) is 0.174. The van der Waals surface area contributed by atoms with E-state index in [-0.39, 0.29) is 11.9 Å². The van der Waals surface area contributed by atoms with Crippen LogP contribution in [0.5, 0.6) is 5.75 Å². The number of carbonyl (C=O) groups is 1. The quantitative estimate of drug-likeness (QED) is 0.604. The number of methoxy groups -OCH3 is 1. The molecule has 1 atom stereocenters. The summed E-state index contributed by atoms with van der Waals surface area (Å²) in [6, 6.07) is 20.1. The molecule has 2 aromatic carbocycles. The highest BCUT2D eigenvalue weighted by molar-refractivity contribution is 7.10. The summed E-state index contributed by atoms with van der Waals surface area (Å²) in [6.07, 6.45) is 4.44. The number of benzene rings is 2. The van der Waals surface area contributed by atoms with Crippen LogP contribution >= 0.6 is 11.3 Å². The van der Waals surface area contributed by atoms with Crippen molar-refractivity contribution in [3.05, 3.63) is 93.7 Å². The Hall–Kier alpha value is -2.85. The minimum atomic E-state index is -0.0244. The molecule has 136 valence electrons. The summed E-state index contributed by atoms with van der Waals surface area (Å²) in [5.74, 6) is 0.816. The number of hydrogen-bond donors (Lipinski definition) is 0. The van der Waals surface area contributed by atoms with Gasteiger partial charge in [0, 0.05) is 17.5 Å². The molecule has 4 rings (SSSR count). The van der Waals surface area contributed by atoms with Gasteiger partial charge >= 0.3 is 0 Å². The molecule has 0 spiro atoms. The first-order chi connectivity index (χ1) is 13.3. The molecule has 0 aliphatic carbocycles. The fourth-order valence-corrected chi connectivity index (χ4v) is 4.46. The second kappa shape index (κ2) is 7.80. The standard InChI is InChI=1S/C23H21NO2S/c1-26-19-9-5-6-17(16-19)10-11-22(25)24-14-12-21-20(13-15-27-21)23(24)18-7-3-2-4-8-18/h2-11,13,15-16,23H,12,14H2,1H3/b11-10+/t23-/m1/s1. The van der Waals surface area contributed by atoms with Gasteiger partial charge < -0.3 is 9.64 Å². The molecule has 2 heterocycles. The normalized spacial score (nSPS) is 16.3. The Kier molecular flexibility index (Phi) is 5.07. The lowest BCUT2D eigenvalue weighted by atomic mass is 9.93. The second-order valence-electron chi connectivity index (χ2n) is 6.50. The molecule has 3 aromatic rings. The molecule has 4 heteroatoms. The lowest BCUT2D eigenvalue weighted by Crippen LogP contribution is -2.39. The maximum atomic E-state index is 13.1. The third-order valence-electron chi connectivity index (χ3n) is 4.88. The van der Waals surface area contributed by atoms with Crippen LogP contribution in [-0.2, 0) is 11.2 Å². The molecule has 0 saturated heterocycles. The third kappa shape index (κ3) is 3.67. The Balaban J connectivity index is 1.63. The SMILES string of the molecule is COc1cccc(/C=C/C(=O)N2CCc3sccc3[C@H]2c2ccccc2)c1. The third-order valence-corrected chi connectivity index (χ3v) is 5.87. The Morgan fingerprint density at radius 1 is 1.15 bits per heavy atom. The van der Waals surface area contributed by atoms with E-state index in [1.807, 2.05) is 53.4 Å². The van der Waals surface area contributed by atoms with Crippen LogP contribution in [0.25, 0.3) is 6.08 Å². The Labute approximate surface area is 163 Å².